The molecule has 0 saturated heterocycles. The largest absolute Gasteiger partial charge is 0.366 e. The zero-order valence-electron chi connectivity index (χ0n) is 10.8. The van der Waals surface area contributed by atoms with Gasteiger partial charge >= 0.3 is 0 Å². The van der Waals surface area contributed by atoms with Crippen molar-refractivity contribution < 1.29 is 14.4 Å². The van der Waals surface area contributed by atoms with Gasteiger partial charge in [0.1, 0.15) is 0 Å². The molecular formula is C13H16BrN3O3. The van der Waals surface area contributed by atoms with Crippen molar-refractivity contribution in [2.75, 3.05) is 10.6 Å². The lowest BCUT2D eigenvalue weighted by atomic mass is 10.1. The van der Waals surface area contributed by atoms with E-state index in [1.165, 1.54) is 18.2 Å². The Labute approximate surface area is 125 Å². The van der Waals surface area contributed by atoms with Crippen LogP contribution in [-0.2, 0) is 4.79 Å². The zero-order valence-corrected chi connectivity index (χ0v) is 12.4. The molecule has 0 aliphatic carbocycles. The van der Waals surface area contributed by atoms with Gasteiger partial charge in [0.15, 0.2) is 0 Å². The van der Waals surface area contributed by atoms with Crippen molar-refractivity contribution in [2.24, 2.45) is 11.5 Å². The number of alkyl halides is 1. The van der Waals surface area contributed by atoms with Crippen molar-refractivity contribution >= 4 is 39.3 Å². The van der Waals surface area contributed by atoms with E-state index in [0.717, 1.165) is 18.2 Å². The van der Waals surface area contributed by atoms with Gasteiger partial charge in [-0.25, -0.2) is 0 Å². The third kappa shape index (κ3) is 5.00. The third-order valence-electron chi connectivity index (χ3n) is 2.57. The average Bonchev–Trinajstić information content (AvgIpc) is 2.38. The third-order valence-corrected chi connectivity index (χ3v) is 3.13. The van der Waals surface area contributed by atoms with E-state index < -0.39 is 11.8 Å². The molecule has 1 aromatic carbocycles. The highest BCUT2D eigenvalue weighted by Crippen LogP contribution is 2.15. The van der Waals surface area contributed by atoms with Crippen LogP contribution in [0.3, 0.4) is 0 Å². The molecule has 5 N–H and O–H groups in total. The summed E-state index contributed by atoms with van der Waals surface area (Å²) in [4.78, 5) is 34.0. The standard InChI is InChI=1S/C13H16BrN3O3/c14-4-2-1-3-11(18)17-10-6-8(12(15)19)5-9(7-10)13(16)20/h5-7H,1-4H2,(H2,15,19)(H2,16,20)(H,17,18). The molecule has 0 radical (unpaired) electrons. The Bertz CT molecular complexity index is 499. The molecule has 0 spiro atoms. The molecule has 7 heteroatoms. The summed E-state index contributed by atoms with van der Waals surface area (Å²) in [6.07, 6.45) is 1.99. The predicted octanol–water partition coefficient (Wildman–Crippen LogP) is 1.39. The van der Waals surface area contributed by atoms with E-state index in [1.54, 1.807) is 0 Å². The van der Waals surface area contributed by atoms with Gasteiger partial charge in [-0.3, -0.25) is 14.4 Å². The molecule has 0 saturated carbocycles. The maximum Gasteiger partial charge on any atom is 0.248 e. The van der Waals surface area contributed by atoms with Crippen molar-refractivity contribution in [3.05, 3.63) is 29.3 Å². The molecule has 0 bridgehead atoms. The number of anilines is 1. The molecule has 20 heavy (non-hydrogen) atoms. The van der Waals surface area contributed by atoms with Crippen LogP contribution in [-0.4, -0.2) is 23.1 Å². The molecule has 6 nitrogen and oxygen atoms in total. The number of nitrogens with one attached hydrogen (secondary N) is 1. The van der Waals surface area contributed by atoms with Gasteiger partial charge in [0.2, 0.25) is 17.7 Å². The summed E-state index contributed by atoms with van der Waals surface area (Å²) in [6.45, 7) is 0. The van der Waals surface area contributed by atoms with Crippen LogP contribution in [0.15, 0.2) is 18.2 Å². The lowest BCUT2D eigenvalue weighted by Gasteiger charge is -2.08. The van der Waals surface area contributed by atoms with Crippen molar-refractivity contribution in [1.82, 2.24) is 0 Å². The van der Waals surface area contributed by atoms with Crippen LogP contribution in [0.25, 0.3) is 0 Å². The summed E-state index contributed by atoms with van der Waals surface area (Å²) in [6, 6.07) is 4.12. The smallest absolute Gasteiger partial charge is 0.248 e. The molecule has 3 amide bonds. The summed E-state index contributed by atoms with van der Waals surface area (Å²) >= 11 is 3.28. The second kappa shape index (κ2) is 7.64. The van der Waals surface area contributed by atoms with Gasteiger partial charge in [-0.15, -0.1) is 0 Å². The minimum atomic E-state index is -0.692. The zero-order chi connectivity index (χ0) is 15.1. The first-order valence-corrected chi connectivity index (χ1v) is 7.16. The normalized spacial score (nSPS) is 10.1. The number of unbranched alkanes of at least 4 members (excludes halogenated alkanes) is 1. The summed E-state index contributed by atoms with van der Waals surface area (Å²) < 4.78 is 0. The van der Waals surface area contributed by atoms with Crippen molar-refractivity contribution in [1.29, 1.82) is 0 Å². The van der Waals surface area contributed by atoms with Gasteiger partial charge in [-0.05, 0) is 31.0 Å². The minimum absolute atomic E-state index is 0.122. The van der Waals surface area contributed by atoms with Crippen molar-refractivity contribution in [3.8, 4) is 0 Å². The number of rotatable bonds is 7. The summed E-state index contributed by atoms with van der Waals surface area (Å²) in [7, 11) is 0. The van der Waals surface area contributed by atoms with Crippen LogP contribution >= 0.6 is 15.9 Å². The Morgan fingerprint density at radius 3 is 2.00 bits per heavy atom. The fourth-order valence-corrected chi connectivity index (χ4v) is 1.98. The second-order valence-electron chi connectivity index (χ2n) is 4.22. The number of amides is 3. The monoisotopic (exact) mass is 341 g/mol. The molecule has 1 rings (SSSR count). The van der Waals surface area contributed by atoms with Crippen molar-refractivity contribution in [3.63, 3.8) is 0 Å². The average molecular weight is 342 g/mol. The molecule has 0 heterocycles. The number of hydrogen-bond acceptors (Lipinski definition) is 3. The molecule has 0 aliphatic heterocycles. The van der Waals surface area contributed by atoms with Crippen LogP contribution in [0.5, 0.6) is 0 Å². The van der Waals surface area contributed by atoms with E-state index in [4.69, 9.17) is 11.5 Å². The lowest BCUT2D eigenvalue weighted by Crippen LogP contribution is -2.18. The van der Waals surface area contributed by atoms with Crippen LogP contribution in [0.2, 0.25) is 0 Å². The van der Waals surface area contributed by atoms with E-state index in [1.807, 2.05) is 0 Å². The molecule has 1 aromatic rings. The Morgan fingerprint density at radius 2 is 1.55 bits per heavy atom. The number of halogens is 1. The SMILES string of the molecule is NC(=O)c1cc(NC(=O)CCCCBr)cc(C(N)=O)c1. The van der Waals surface area contributed by atoms with E-state index in [-0.39, 0.29) is 17.0 Å². The maximum atomic E-state index is 11.7. The Morgan fingerprint density at radius 1 is 1.00 bits per heavy atom. The predicted molar refractivity (Wildman–Crippen MR) is 79.8 cm³/mol. The molecule has 0 aliphatic rings. The second-order valence-corrected chi connectivity index (χ2v) is 5.01. The number of primary amides is 2. The molecule has 0 aromatic heterocycles. The van der Waals surface area contributed by atoms with E-state index >= 15 is 0 Å². The molecule has 108 valence electrons. The van der Waals surface area contributed by atoms with Gasteiger partial charge < -0.3 is 16.8 Å². The van der Waals surface area contributed by atoms with E-state index in [9.17, 15) is 14.4 Å². The molecule has 0 unspecified atom stereocenters. The summed E-state index contributed by atoms with van der Waals surface area (Å²) in [5.41, 5.74) is 10.9. The number of benzene rings is 1. The highest BCUT2D eigenvalue weighted by Gasteiger charge is 2.10. The molecule has 0 atom stereocenters. The van der Waals surface area contributed by atoms with Crippen LogP contribution < -0.4 is 16.8 Å². The minimum Gasteiger partial charge on any atom is -0.366 e. The quantitative estimate of drug-likeness (QED) is 0.514. The highest BCUT2D eigenvalue weighted by molar-refractivity contribution is 9.09. The molecule has 0 fully saturated rings. The Balaban J connectivity index is 2.86. The maximum absolute atomic E-state index is 11.7. The van der Waals surface area contributed by atoms with Crippen LogP contribution in [0.1, 0.15) is 40.0 Å². The van der Waals surface area contributed by atoms with Gasteiger partial charge in [0, 0.05) is 28.6 Å². The Hall–Kier alpha value is -1.89. The number of carbonyl (C=O) groups is 3. The number of hydrogen-bond donors (Lipinski definition) is 3. The van der Waals surface area contributed by atoms with Gasteiger partial charge in [0.05, 0.1) is 0 Å². The molecular weight excluding hydrogens is 326 g/mol. The first kappa shape index (κ1) is 16.2. The lowest BCUT2D eigenvalue weighted by molar-refractivity contribution is -0.116. The number of nitrogens with two attached hydrogens (primary N) is 2. The first-order chi connectivity index (χ1) is 9.43. The summed E-state index contributed by atoms with van der Waals surface area (Å²) in [5.74, 6) is -1.58. The van der Waals surface area contributed by atoms with Gasteiger partial charge in [0.25, 0.3) is 0 Å². The topological polar surface area (TPSA) is 115 Å². The summed E-state index contributed by atoms with van der Waals surface area (Å²) in [5, 5.41) is 3.46. The van der Waals surface area contributed by atoms with Crippen molar-refractivity contribution in [2.45, 2.75) is 19.3 Å². The van der Waals surface area contributed by atoms with Gasteiger partial charge in [-0.2, -0.15) is 0 Å². The van der Waals surface area contributed by atoms with E-state index in [0.29, 0.717) is 12.1 Å². The van der Waals surface area contributed by atoms with Crippen LogP contribution in [0.4, 0.5) is 5.69 Å². The van der Waals surface area contributed by atoms with Crippen LogP contribution in [0, 0.1) is 0 Å². The highest BCUT2D eigenvalue weighted by atomic mass is 79.9. The fraction of sp³-hybridized carbons (Fsp3) is 0.308. The Kier molecular flexibility index (Phi) is 6.17. The van der Waals surface area contributed by atoms with E-state index in [2.05, 4.69) is 21.2 Å². The number of carbonyl (C=O) groups excluding carboxylic acids is 3. The van der Waals surface area contributed by atoms with Gasteiger partial charge in [-0.1, -0.05) is 15.9 Å². The first-order valence-electron chi connectivity index (χ1n) is 6.04. The fourth-order valence-electron chi connectivity index (χ4n) is 1.59.